The van der Waals surface area contributed by atoms with E-state index >= 15 is 0 Å². The minimum Gasteiger partial charge on any atom is -0.507 e. The molecule has 2 heterocycles. The highest BCUT2D eigenvalue weighted by Crippen LogP contribution is 2.26. The molecule has 1 amide bonds. The number of phenolic OH excluding ortho intramolecular Hbond substituents is 1. The Bertz CT molecular complexity index is 870. The third-order valence-electron chi connectivity index (χ3n) is 4.82. The second-order valence-corrected chi connectivity index (χ2v) is 6.78. The summed E-state index contributed by atoms with van der Waals surface area (Å²) in [6.45, 7) is 3.01. The van der Waals surface area contributed by atoms with Crippen LogP contribution in [0.5, 0.6) is 11.5 Å². The van der Waals surface area contributed by atoms with Crippen molar-refractivity contribution in [2.24, 2.45) is 0 Å². The zero-order chi connectivity index (χ0) is 20.8. The van der Waals surface area contributed by atoms with Crippen LogP contribution in [0.25, 0.3) is 0 Å². The first-order valence-electron chi connectivity index (χ1n) is 9.44. The summed E-state index contributed by atoms with van der Waals surface area (Å²) in [5, 5.41) is 19.7. The lowest BCUT2D eigenvalue weighted by molar-refractivity contribution is -0.00766. The summed E-state index contributed by atoms with van der Waals surface area (Å²) in [6.07, 6.45) is 1.71. The molecule has 1 aliphatic heterocycles. The van der Waals surface area contributed by atoms with E-state index in [4.69, 9.17) is 9.47 Å². The van der Waals surface area contributed by atoms with Gasteiger partial charge in [0.1, 0.15) is 11.5 Å². The van der Waals surface area contributed by atoms with Crippen molar-refractivity contribution in [2.75, 3.05) is 26.4 Å². The second-order valence-electron chi connectivity index (χ2n) is 6.78. The van der Waals surface area contributed by atoms with E-state index in [0.717, 1.165) is 0 Å². The Labute approximate surface area is 168 Å². The molecule has 1 fully saturated rings. The predicted octanol–water partition coefficient (Wildman–Crippen LogP) is 1.96. The number of hydrogen-bond acceptors (Lipinski definition) is 7. The Morgan fingerprint density at radius 3 is 3.00 bits per heavy atom. The summed E-state index contributed by atoms with van der Waals surface area (Å²) in [5.41, 5.74) is 0.804. The van der Waals surface area contributed by atoms with Crippen molar-refractivity contribution in [2.45, 2.75) is 25.5 Å². The SMILES string of the molecule is CC(O)c1ncccc1C(=O)N1CCOC[C@H]1CCOc1cccc(O)c1C=O. The number of aromatic hydroxyl groups is 1. The lowest BCUT2D eigenvalue weighted by Gasteiger charge is -2.36. The predicted molar refractivity (Wildman–Crippen MR) is 104 cm³/mol. The van der Waals surface area contributed by atoms with Gasteiger partial charge < -0.3 is 24.6 Å². The number of pyridine rings is 1. The fourth-order valence-electron chi connectivity index (χ4n) is 3.33. The van der Waals surface area contributed by atoms with Gasteiger partial charge in [-0.2, -0.15) is 0 Å². The van der Waals surface area contributed by atoms with E-state index in [1.807, 2.05) is 0 Å². The van der Waals surface area contributed by atoms with Crippen LogP contribution in [-0.2, 0) is 4.74 Å². The number of phenols is 1. The van der Waals surface area contributed by atoms with Gasteiger partial charge in [0.2, 0.25) is 0 Å². The van der Waals surface area contributed by atoms with E-state index in [1.54, 1.807) is 42.3 Å². The minimum atomic E-state index is -0.856. The summed E-state index contributed by atoms with van der Waals surface area (Å²) in [5.74, 6) is -0.0657. The molecule has 0 spiro atoms. The highest BCUT2D eigenvalue weighted by Gasteiger charge is 2.30. The lowest BCUT2D eigenvalue weighted by atomic mass is 10.1. The number of nitrogens with zero attached hydrogens (tertiary/aromatic N) is 2. The Balaban J connectivity index is 1.70. The molecule has 0 radical (unpaired) electrons. The number of ether oxygens (including phenoxy) is 2. The zero-order valence-corrected chi connectivity index (χ0v) is 16.2. The third kappa shape index (κ3) is 4.72. The van der Waals surface area contributed by atoms with Crippen molar-refractivity contribution in [3.63, 3.8) is 0 Å². The second kappa shape index (κ2) is 9.49. The molecule has 2 aromatic rings. The van der Waals surface area contributed by atoms with Crippen LogP contribution < -0.4 is 4.74 Å². The highest BCUT2D eigenvalue weighted by molar-refractivity contribution is 5.95. The zero-order valence-electron chi connectivity index (χ0n) is 16.2. The van der Waals surface area contributed by atoms with Crippen LogP contribution in [0.2, 0.25) is 0 Å². The first-order valence-corrected chi connectivity index (χ1v) is 9.44. The van der Waals surface area contributed by atoms with Gasteiger partial charge in [-0.1, -0.05) is 6.07 Å². The smallest absolute Gasteiger partial charge is 0.256 e. The van der Waals surface area contributed by atoms with Crippen molar-refractivity contribution in [3.05, 3.63) is 53.3 Å². The number of benzene rings is 1. The molecule has 29 heavy (non-hydrogen) atoms. The molecule has 0 saturated carbocycles. The molecule has 154 valence electrons. The molecular weight excluding hydrogens is 376 g/mol. The van der Waals surface area contributed by atoms with E-state index in [0.29, 0.717) is 49.5 Å². The summed E-state index contributed by atoms with van der Waals surface area (Å²) in [4.78, 5) is 30.1. The van der Waals surface area contributed by atoms with Gasteiger partial charge in [-0.15, -0.1) is 0 Å². The van der Waals surface area contributed by atoms with Gasteiger partial charge in [-0.25, -0.2) is 0 Å². The number of aromatic nitrogens is 1. The monoisotopic (exact) mass is 400 g/mol. The number of carbonyl (C=O) groups excluding carboxylic acids is 2. The summed E-state index contributed by atoms with van der Waals surface area (Å²) < 4.78 is 11.2. The van der Waals surface area contributed by atoms with Crippen LogP contribution in [0.15, 0.2) is 36.5 Å². The van der Waals surface area contributed by atoms with Gasteiger partial charge in [0.15, 0.2) is 6.29 Å². The summed E-state index contributed by atoms with van der Waals surface area (Å²) in [6, 6.07) is 7.71. The first-order chi connectivity index (χ1) is 14.0. The van der Waals surface area contributed by atoms with Crippen molar-refractivity contribution in [1.29, 1.82) is 0 Å². The first kappa shape index (κ1) is 20.8. The molecule has 1 aromatic carbocycles. The van der Waals surface area contributed by atoms with Gasteiger partial charge >= 0.3 is 0 Å². The molecule has 1 aromatic heterocycles. The molecule has 1 unspecified atom stereocenters. The Morgan fingerprint density at radius 1 is 1.41 bits per heavy atom. The fourth-order valence-corrected chi connectivity index (χ4v) is 3.33. The van der Waals surface area contributed by atoms with Crippen LogP contribution in [0, 0.1) is 0 Å². The molecule has 1 aliphatic rings. The molecule has 8 heteroatoms. The maximum Gasteiger partial charge on any atom is 0.256 e. The van der Waals surface area contributed by atoms with Crippen molar-refractivity contribution in [1.82, 2.24) is 9.88 Å². The van der Waals surface area contributed by atoms with Crippen LogP contribution in [0.1, 0.15) is 45.9 Å². The maximum absolute atomic E-state index is 13.1. The molecule has 0 aliphatic carbocycles. The van der Waals surface area contributed by atoms with Gasteiger partial charge in [-0.05, 0) is 31.2 Å². The number of morpholine rings is 1. The molecule has 8 nitrogen and oxygen atoms in total. The third-order valence-corrected chi connectivity index (χ3v) is 4.82. The minimum absolute atomic E-state index is 0.0947. The molecule has 2 atom stereocenters. The topological polar surface area (TPSA) is 109 Å². The molecule has 3 rings (SSSR count). The van der Waals surface area contributed by atoms with E-state index in [9.17, 15) is 19.8 Å². The number of aliphatic hydroxyl groups is 1. The molecule has 2 N–H and O–H groups in total. The lowest BCUT2D eigenvalue weighted by Crippen LogP contribution is -2.49. The Morgan fingerprint density at radius 2 is 2.24 bits per heavy atom. The molecule has 0 bridgehead atoms. The number of hydrogen-bond donors (Lipinski definition) is 2. The van der Waals surface area contributed by atoms with E-state index in [1.165, 1.54) is 6.07 Å². The molecular formula is C21H24N2O6. The summed E-state index contributed by atoms with van der Waals surface area (Å²) >= 11 is 0. The van der Waals surface area contributed by atoms with Crippen LogP contribution in [0.3, 0.4) is 0 Å². The van der Waals surface area contributed by atoms with E-state index in [2.05, 4.69) is 4.98 Å². The van der Waals surface area contributed by atoms with E-state index in [-0.39, 0.29) is 29.9 Å². The Kier molecular flexibility index (Phi) is 6.79. The quantitative estimate of drug-likeness (QED) is 0.684. The van der Waals surface area contributed by atoms with Crippen LogP contribution in [0.4, 0.5) is 0 Å². The number of amides is 1. The number of aldehydes is 1. The number of carbonyl (C=O) groups is 2. The van der Waals surface area contributed by atoms with Gasteiger partial charge in [-0.3, -0.25) is 14.6 Å². The standard InChI is InChI=1S/C21H24N2O6/c1-14(25)20-16(4-3-8-22-20)21(27)23-9-11-28-13-15(23)7-10-29-19-6-2-5-18(26)17(19)12-24/h2-6,8,12,14-15,25-26H,7,9-11,13H2,1H3/t14?,15-/m1/s1. The maximum atomic E-state index is 13.1. The van der Waals surface area contributed by atoms with Crippen molar-refractivity contribution >= 4 is 12.2 Å². The summed E-state index contributed by atoms with van der Waals surface area (Å²) in [7, 11) is 0. The largest absolute Gasteiger partial charge is 0.507 e. The average molecular weight is 400 g/mol. The van der Waals surface area contributed by atoms with Gasteiger partial charge in [0, 0.05) is 19.2 Å². The van der Waals surface area contributed by atoms with Crippen LogP contribution >= 0.6 is 0 Å². The average Bonchev–Trinajstić information content (AvgIpc) is 2.73. The van der Waals surface area contributed by atoms with Gasteiger partial charge in [0.25, 0.3) is 5.91 Å². The van der Waals surface area contributed by atoms with Crippen molar-refractivity contribution < 1.29 is 29.3 Å². The number of aliphatic hydroxyl groups excluding tert-OH is 1. The normalized spacial score (nSPS) is 17.6. The van der Waals surface area contributed by atoms with E-state index < -0.39 is 6.10 Å². The van der Waals surface area contributed by atoms with Gasteiger partial charge in [0.05, 0.1) is 48.8 Å². The number of rotatable bonds is 7. The molecule has 1 saturated heterocycles. The fraction of sp³-hybridized carbons (Fsp3) is 0.381. The Hall–Kier alpha value is -2.97. The van der Waals surface area contributed by atoms with Crippen LogP contribution in [-0.4, -0.2) is 64.7 Å². The van der Waals surface area contributed by atoms with Crippen molar-refractivity contribution in [3.8, 4) is 11.5 Å². The highest BCUT2D eigenvalue weighted by atomic mass is 16.5.